The van der Waals surface area contributed by atoms with Gasteiger partial charge in [0.05, 0.1) is 0 Å². The SMILES string of the molecule is CCCC1CCC(CNC(C)(C)C)C(C(C)(C)C)C1. The molecule has 0 heterocycles. The summed E-state index contributed by atoms with van der Waals surface area (Å²) in [5.41, 5.74) is 0.708. The summed E-state index contributed by atoms with van der Waals surface area (Å²) >= 11 is 0. The molecule has 114 valence electrons. The molecule has 0 aromatic heterocycles. The van der Waals surface area contributed by atoms with Crippen molar-refractivity contribution < 1.29 is 0 Å². The van der Waals surface area contributed by atoms with Crippen molar-refractivity contribution in [2.24, 2.45) is 23.2 Å². The normalized spacial score (nSPS) is 29.5. The summed E-state index contributed by atoms with van der Waals surface area (Å²) in [5, 5.41) is 3.74. The predicted octanol–water partition coefficient (Wildman–Crippen LogP) is 5.25. The minimum atomic E-state index is 0.253. The molecule has 0 bridgehead atoms. The Hall–Kier alpha value is -0.0400. The van der Waals surface area contributed by atoms with Crippen LogP contribution in [-0.2, 0) is 0 Å². The van der Waals surface area contributed by atoms with Crippen LogP contribution in [0.4, 0.5) is 0 Å². The van der Waals surface area contributed by atoms with Crippen molar-refractivity contribution in [3.05, 3.63) is 0 Å². The molecule has 19 heavy (non-hydrogen) atoms. The van der Waals surface area contributed by atoms with E-state index >= 15 is 0 Å². The molecular weight excluding hydrogens is 230 g/mol. The lowest BCUT2D eigenvalue weighted by Crippen LogP contribution is -2.44. The lowest BCUT2D eigenvalue weighted by Gasteiger charge is -2.44. The second kappa shape index (κ2) is 6.61. The Morgan fingerprint density at radius 3 is 2.11 bits per heavy atom. The lowest BCUT2D eigenvalue weighted by molar-refractivity contribution is 0.0687. The maximum Gasteiger partial charge on any atom is 0.00966 e. The van der Waals surface area contributed by atoms with Crippen LogP contribution in [0.2, 0.25) is 0 Å². The topological polar surface area (TPSA) is 12.0 Å². The second-order valence-corrected chi connectivity index (χ2v) is 8.83. The van der Waals surface area contributed by atoms with E-state index in [1.165, 1.54) is 38.6 Å². The van der Waals surface area contributed by atoms with Crippen LogP contribution in [-0.4, -0.2) is 12.1 Å². The van der Waals surface area contributed by atoms with Crippen molar-refractivity contribution in [2.75, 3.05) is 6.54 Å². The van der Waals surface area contributed by atoms with Gasteiger partial charge in [0.2, 0.25) is 0 Å². The Balaban J connectivity index is 2.64. The molecule has 1 heteroatoms. The third-order valence-corrected chi connectivity index (χ3v) is 4.81. The van der Waals surface area contributed by atoms with Crippen molar-refractivity contribution >= 4 is 0 Å². The highest BCUT2D eigenvalue weighted by molar-refractivity contribution is 4.89. The Bertz CT molecular complexity index is 256. The Kier molecular flexibility index (Phi) is 5.92. The summed E-state index contributed by atoms with van der Waals surface area (Å²) in [6.07, 6.45) is 7.12. The number of rotatable bonds is 4. The minimum Gasteiger partial charge on any atom is -0.312 e. The van der Waals surface area contributed by atoms with Crippen molar-refractivity contribution in [1.29, 1.82) is 0 Å². The molecule has 1 nitrogen and oxygen atoms in total. The molecule has 1 rings (SSSR count). The molecule has 1 saturated carbocycles. The molecule has 0 radical (unpaired) electrons. The fourth-order valence-corrected chi connectivity index (χ4v) is 3.73. The van der Waals surface area contributed by atoms with Gasteiger partial charge in [-0.3, -0.25) is 0 Å². The molecule has 1 aliphatic carbocycles. The summed E-state index contributed by atoms with van der Waals surface area (Å²) in [5.74, 6) is 2.74. The lowest BCUT2D eigenvalue weighted by atomic mass is 9.63. The van der Waals surface area contributed by atoms with Crippen molar-refractivity contribution in [2.45, 2.75) is 86.1 Å². The van der Waals surface area contributed by atoms with E-state index in [0.717, 1.165) is 17.8 Å². The van der Waals surface area contributed by atoms with Crippen LogP contribution in [0.3, 0.4) is 0 Å². The Labute approximate surface area is 121 Å². The average Bonchev–Trinajstić information content (AvgIpc) is 2.25. The maximum atomic E-state index is 3.74. The first-order valence-corrected chi connectivity index (χ1v) is 8.38. The van der Waals surface area contributed by atoms with E-state index in [9.17, 15) is 0 Å². The highest BCUT2D eigenvalue weighted by atomic mass is 14.9. The third-order valence-electron chi connectivity index (χ3n) is 4.81. The molecule has 1 N–H and O–H groups in total. The van der Waals surface area contributed by atoms with E-state index in [1.807, 2.05) is 0 Å². The zero-order valence-electron chi connectivity index (χ0n) is 14.5. The van der Waals surface area contributed by atoms with Crippen LogP contribution in [0.1, 0.15) is 80.6 Å². The first kappa shape index (κ1) is 17.0. The summed E-state index contributed by atoms with van der Waals surface area (Å²) in [6, 6.07) is 0. The van der Waals surface area contributed by atoms with Gasteiger partial charge in [-0.25, -0.2) is 0 Å². The number of hydrogen-bond donors (Lipinski definition) is 1. The maximum absolute atomic E-state index is 3.74. The zero-order chi connectivity index (χ0) is 14.7. The smallest absolute Gasteiger partial charge is 0.00966 e. The van der Waals surface area contributed by atoms with Gasteiger partial charge in [-0.1, -0.05) is 47.0 Å². The molecular formula is C18H37N. The largest absolute Gasteiger partial charge is 0.312 e. The Morgan fingerprint density at radius 2 is 1.63 bits per heavy atom. The summed E-state index contributed by atoms with van der Waals surface area (Å²) in [7, 11) is 0. The van der Waals surface area contributed by atoms with Gasteiger partial charge in [0.25, 0.3) is 0 Å². The quantitative estimate of drug-likeness (QED) is 0.733. The summed E-state index contributed by atoms with van der Waals surface area (Å²) in [6.45, 7) is 17.7. The minimum absolute atomic E-state index is 0.253. The highest BCUT2D eigenvalue weighted by Gasteiger charge is 2.37. The molecule has 1 fully saturated rings. The van der Waals surface area contributed by atoms with E-state index in [-0.39, 0.29) is 5.54 Å². The molecule has 0 aliphatic heterocycles. The molecule has 1 aliphatic rings. The second-order valence-electron chi connectivity index (χ2n) is 8.83. The molecule has 3 atom stereocenters. The van der Waals surface area contributed by atoms with Crippen molar-refractivity contribution in [3.63, 3.8) is 0 Å². The van der Waals surface area contributed by atoms with Gasteiger partial charge in [-0.15, -0.1) is 0 Å². The predicted molar refractivity (Wildman–Crippen MR) is 86.4 cm³/mol. The summed E-state index contributed by atoms with van der Waals surface area (Å²) < 4.78 is 0. The van der Waals surface area contributed by atoms with Crippen LogP contribution in [0, 0.1) is 23.2 Å². The fourth-order valence-electron chi connectivity index (χ4n) is 3.73. The number of nitrogens with one attached hydrogen (secondary N) is 1. The third kappa shape index (κ3) is 5.85. The highest BCUT2D eigenvalue weighted by Crippen LogP contribution is 2.45. The van der Waals surface area contributed by atoms with Crippen LogP contribution in [0.25, 0.3) is 0 Å². The monoisotopic (exact) mass is 267 g/mol. The Morgan fingerprint density at radius 1 is 1.00 bits per heavy atom. The van der Waals surface area contributed by atoms with E-state index < -0.39 is 0 Å². The number of hydrogen-bond acceptors (Lipinski definition) is 1. The van der Waals surface area contributed by atoms with E-state index in [1.54, 1.807) is 0 Å². The van der Waals surface area contributed by atoms with Gasteiger partial charge >= 0.3 is 0 Å². The summed E-state index contributed by atoms with van der Waals surface area (Å²) in [4.78, 5) is 0. The van der Waals surface area contributed by atoms with E-state index in [0.29, 0.717) is 5.41 Å². The van der Waals surface area contributed by atoms with E-state index in [2.05, 4.69) is 53.8 Å². The molecule has 0 aromatic carbocycles. The van der Waals surface area contributed by atoms with E-state index in [4.69, 9.17) is 0 Å². The molecule has 0 amide bonds. The van der Waals surface area contributed by atoms with Gasteiger partial charge in [0.15, 0.2) is 0 Å². The van der Waals surface area contributed by atoms with Crippen LogP contribution in [0.5, 0.6) is 0 Å². The van der Waals surface area contributed by atoms with Crippen LogP contribution >= 0.6 is 0 Å². The molecule has 0 saturated heterocycles. The van der Waals surface area contributed by atoms with Crippen molar-refractivity contribution in [1.82, 2.24) is 5.32 Å². The molecule has 0 spiro atoms. The van der Waals surface area contributed by atoms with Gasteiger partial charge in [-0.2, -0.15) is 0 Å². The first-order chi connectivity index (χ1) is 8.63. The van der Waals surface area contributed by atoms with Gasteiger partial charge in [0, 0.05) is 5.54 Å². The zero-order valence-corrected chi connectivity index (χ0v) is 14.5. The van der Waals surface area contributed by atoms with Crippen LogP contribution in [0.15, 0.2) is 0 Å². The van der Waals surface area contributed by atoms with Gasteiger partial charge in [0.1, 0.15) is 0 Å². The van der Waals surface area contributed by atoms with Crippen LogP contribution < -0.4 is 5.32 Å². The standard InChI is InChI=1S/C18H37N/c1-8-9-14-10-11-15(13-19-18(5,6)7)16(12-14)17(2,3)4/h14-16,19H,8-13H2,1-7H3. The molecule has 3 unspecified atom stereocenters. The van der Waals surface area contributed by atoms with Gasteiger partial charge in [-0.05, 0) is 63.3 Å². The van der Waals surface area contributed by atoms with Crippen molar-refractivity contribution in [3.8, 4) is 0 Å². The molecule has 0 aromatic rings. The average molecular weight is 268 g/mol. The van der Waals surface area contributed by atoms with Gasteiger partial charge < -0.3 is 5.32 Å². The fraction of sp³-hybridized carbons (Fsp3) is 1.00. The first-order valence-electron chi connectivity index (χ1n) is 8.38.